The Morgan fingerprint density at radius 1 is 0.794 bits per heavy atom. The molecule has 4 heterocycles. The Kier molecular flexibility index (Phi) is 6.28. The van der Waals surface area contributed by atoms with E-state index in [9.17, 15) is 8.78 Å². The lowest BCUT2D eigenvalue weighted by Gasteiger charge is -2.30. The summed E-state index contributed by atoms with van der Waals surface area (Å²) in [7, 11) is 2.94. The van der Waals surface area contributed by atoms with Crippen molar-refractivity contribution in [1.82, 2.24) is 24.5 Å². The van der Waals surface area contributed by atoms with Gasteiger partial charge in [0, 0.05) is 38.3 Å². The summed E-state index contributed by atoms with van der Waals surface area (Å²) in [5.74, 6) is 1.09. The summed E-state index contributed by atoms with van der Waals surface area (Å²) in [5, 5.41) is 0. The van der Waals surface area contributed by atoms with Gasteiger partial charge in [-0.15, -0.1) is 0 Å². The highest BCUT2D eigenvalue weighted by Crippen LogP contribution is 2.35. The Morgan fingerprint density at radius 3 is 1.85 bits per heavy atom. The second-order valence-corrected chi connectivity index (χ2v) is 7.74. The SMILES string of the molecule is COc1cc(OC)c2nc(C(F)F)n(-c3nc(N4CCOCC4)nc(N4CCOCC4)n3)c2c1. The zero-order valence-electron chi connectivity index (χ0n) is 18.9. The maximum absolute atomic E-state index is 14.2. The van der Waals surface area contributed by atoms with Crippen LogP contribution in [0.2, 0.25) is 0 Å². The fraction of sp³-hybridized carbons (Fsp3) is 0.524. The lowest BCUT2D eigenvalue weighted by Crippen LogP contribution is -2.40. The highest BCUT2D eigenvalue weighted by molar-refractivity contribution is 5.85. The van der Waals surface area contributed by atoms with Crippen LogP contribution < -0.4 is 19.3 Å². The molecule has 34 heavy (non-hydrogen) atoms. The Hall–Kier alpha value is -3.32. The van der Waals surface area contributed by atoms with Gasteiger partial charge in [0.25, 0.3) is 6.43 Å². The van der Waals surface area contributed by atoms with Crippen LogP contribution in [0.15, 0.2) is 12.1 Å². The normalized spacial score (nSPS) is 17.0. The molecule has 0 spiro atoms. The molecule has 5 rings (SSSR count). The number of hydrogen-bond donors (Lipinski definition) is 0. The molecule has 0 unspecified atom stereocenters. The summed E-state index contributed by atoms with van der Waals surface area (Å²) in [6, 6.07) is 3.21. The number of anilines is 2. The summed E-state index contributed by atoms with van der Waals surface area (Å²) >= 11 is 0. The van der Waals surface area contributed by atoms with Gasteiger partial charge in [-0.2, -0.15) is 15.0 Å². The molecule has 13 heteroatoms. The van der Waals surface area contributed by atoms with Gasteiger partial charge in [-0.05, 0) is 0 Å². The summed E-state index contributed by atoms with van der Waals surface area (Å²) in [4.78, 5) is 22.0. The molecule has 3 aromatic rings. The fourth-order valence-corrected chi connectivity index (χ4v) is 4.02. The van der Waals surface area contributed by atoms with E-state index >= 15 is 0 Å². The third-order valence-corrected chi connectivity index (χ3v) is 5.76. The van der Waals surface area contributed by atoms with Gasteiger partial charge in [0.15, 0.2) is 5.82 Å². The number of rotatable bonds is 6. The van der Waals surface area contributed by atoms with Crippen molar-refractivity contribution in [2.75, 3.05) is 76.6 Å². The molecular formula is C21H25F2N7O4. The topological polar surface area (TPSA) is 99.9 Å². The van der Waals surface area contributed by atoms with Gasteiger partial charge in [-0.1, -0.05) is 0 Å². The summed E-state index contributed by atoms with van der Waals surface area (Å²) < 4.78 is 51.3. The number of fused-ring (bicyclic) bond motifs is 1. The second kappa shape index (κ2) is 9.50. The zero-order chi connectivity index (χ0) is 23.7. The van der Waals surface area contributed by atoms with Crippen molar-refractivity contribution in [2.24, 2.45) is 0 Å². The van der Waals surface area contributed by atoms with Crippen LogP contribution in [-0.4, -0.2) is 91.3 Å². The number of hydrogen-bond acceptors (Lipinski definition) is 10. The smallest absolute Gasteiger partial charge is 0.296 e. The van der Waals surface area contributed by atoms with Crippen LogP contribution in [0, 0.1) is 0 Å². The van der Waals surface area contributed by atoms with E-state index in [1.807, 2.05) is 9.80 Å². The number of aromatic nitrogens is 5. The molecule has 11 nitrogen and oxygen atoms in total. The van der Waals surface area contributed by atoms with Crippen molar-refractivity contribution < 1.29 is 27.7 Å². The first-order chi connectivity index (χ1) is 16.6. The third-order valence-electron chi connectivity index (χ3n) is 5.76. The predicted molar refractivity (Wildman–Crippen MR) is 119 cm³/mol. The minimum Gasteiger partial charge on any atom is -0.497 e. The highest BCUT2D eigenvalue weighted by Gasteiger charge is 2.27. The van der Waals surface area contributed by atoms with Crippen molar-refractivity contribution >= 4 is 22.9 Å². The number of alkyl halides is 2. The third kappa shape index (κ3) is 4.16. The Balaban J connectivity index is 1.73. The number of halogens is 2. The first-order valence-electron chi connectivity index (χ1n) is 10.9. The van der Waals surface area contributed by atoms with Gasteiger partial charge < -0.3 is 28.7 Å². The quantitative estimate of drug-likeness (QED) is 0.523. The van der Waals surface area contributed by atoms with E-state index in [4.69, 9.17) is 18.9 Å². The number of methoxy groups -OCH3 is 2. The van der Waals surface area contributed by atoms with E-state index in [0.717, 1.165) is 0 Å². The predicted octanol–water partition coefficient (Wildman–Crippen LogP) is 1.84. The molecule has 2 aromatic heterocycles. The molecule has 0 N–H and O–H groups in total. The monoisotopic (exact) mass is 477 g/mol. The van der Waals surface area contributed by atoms with E-state index in [0.29, 0.717) is 81.5 Å². The molecular weight excluding hydrogens is 452 g/mol. The maximum atomic E-state index is 14.2. The van der Waals surface area contributed by atoms with Crippen LogP contribution in [0.1, 0.15) is 12.2 Å². The van der Waals surface area contributed by atoms with Crippen molar-refractivity contribution in [2.45, 2.75) is 6.43 Å². The fourth-order valence-electron chi connectivity index (χ4n) is 4.02. The van der Waals surface area contributed by atoms with Gasteiger partial charge >= 0.3 is 0 Å². The first kappa shape index (κ1) is 22.5. The number of morpholine rings is 2. The largest absolute Gasteiger partial charge is 0.497 e. The van der Waals surface area contributed by atoms with Gasteiger partial charge in [-0.25, -0.2) is 13.8 Å². The van der Waals surface area contributed by atoms with Crippen molar-refractivity contribution in [3.8, 4) is 17.4 Å². The molecule has 0 saturated carbocycles. The lowest BCUT2D eigenvalue weighted by atomic mass is 10.2. The Morgan fingerprint density at radius 2 is 1.35 bits per heavy atom. The molecule has 0 amide bonds. The molecule has 1 aromatic carbocycles. The van der Waals surface area contributed by atoms with Gasteiger partial charge in [0.1, 0.15) is 17.0 Å². The maximum Gasteiger partial charge on any atom is 0.296 e. The average molecular weight is 477 g/mol. The molecule has 0 aliphatic carbocycles. The first-order valence-corrected chi connectivity index (χ1v) is 10.9. The summed E-state index contributed by atoms with van der Waals surface area (Å²) in [6.07, 6.45) is -2.88. The van der Waals surface area contributed by atoms with Crippen LogP contribution in [0.25, 0.3) is 17.0 Å². The zero-order valence-corrected chi connectivity index (χ0v) is 18.9. The molecule has 0 atom stereocenters. The van der Waals surface area contributed by atoms with Crippen LogP contribution in [0.4, 0.5) is 20.7 Å². The minimum atomic E-state index is -2.88. The molecule has 2 saturated heterocycles. The molecule has 2 aliphatic rings. The van der Waals surface area contributed by atoms with Gasteiger partial charge in [0.05, 0.1) is 46.2 Å². The molecule has 2 aliphatic heterocycles. The molecule has 0 bridgehead atoms. The van der Waals surface area contributed by atoms with E-state index in [1.165, 1.54) is 18.8 Å². The average Bonchev–Trinajstić information content (AvgIpc) is 3.29. The van der Waals surface area contributed by atoms with Crippen LogP contribution >= 0.6 is 0 Å². The number of imidazole rings is 1. The molecule has 182 valence electrons. The van der Waals surface area contributed by atoms with Gasteiger partial charge in [-0.3, -0.25) is 4.57 Å². The lowest BCUT2D eigenvalue weighted by molar-refractivity contribution is 0.121. The Bertz CT molecular complexity index is 1130. The Labute approximate surface area is 194 Å². The van der Waals surface area contributed by atoms with Crippen LogP contribution in [0.3, 0.4) is 0 Å². The standard InChI is InChI=1S/C21H25F2N7O4/c1-31-13-11-14-16(15(12-13)32-2)24-18(17(22)23)30(14)21-26-19(28-3-7-33-8-4-28)25-20(27-21)29-5-9-34-10-6-29/h11-12,17H,3-10H2,1-2H3. The number of benzene rings is 1. The van der Waals surface area contributed by atoms with Crippen LogP contribution in [0.5, 0.6) is 11.5 Å². The van der Waals surface area contributed by atoms with Crippen molar-refractivity contribution in [1.29, 1.82) is 0 Å². The van der Waals surface area contributed by atoms with E-state index in [1.54, 1.807) is 12.1 Å². The van der Waals surface area contributed by atoms with Crippen molar-refractivity contribution in [3.63, 3.8) is 0 Å². The van der Waals surface area contributed by atoms with E-state index in [-0.39, 0.29) is 11.5 Å². The molecule has 2 fully saturated rings. The summed E-state index contributed by atoms with van der Waals surface area (Å²) in [6.45, 7) is 4.44. The number of ether oxygens (including phenoxy) is 4. The van der Waals surface area contributed by atoms with E-state index in [2.05, 4.69) is 19.9 Å². The summed E-state index contributed by atoms with van der Waals surface area (Å²) in [5.41, 5.74) is 0.610. The number of nitrogens with zero attached hydrogens (tertiary/aromatic N) is 7. The second-order valence-electron chi connectivity index (χ2n) is 7.74. The van der Waals surface area contributed by atoms with E-state index < -0.39 is 12.2 Å². The van der Waals surface area contributed by atoms with Crippen molar-refractivity contribution in [3.05, 3.63) is 18.0 Å². The van der Waals surface area contributed by atoms with Gasteiger partial charge in [0.2, 0.25) is 17.8 Å². The highest BCUT2D eigenvalue weighted by atomic mass is 19.3. The minimum absolute atomic E-state index is 0.0473. The molecule has 0 radical (unpaired) electrons. The van der Waals surface area contributed by atoms with Crippen LogP contribution in [-0.2, 0) is 9.47 Å².